The zero-order chi connectivity index (χ0) is 17.9. The maximum Gasteiger partial charge on any atom is 0.222 e. The molecule has 1 aliphatic heterocycles. The van der Waals surface area contributed by atoms with Gasteiger partial charge in [0, 0.05) is 37.9 Å². The van der Waals surface area contributed by atoms with Crippen molar-refractivity contribution in [1.82, 2.24) is 10.2 Å². The summed E-state index contributed by atoms with van der Waals surface area (Å²) in [5, 5.41) is 3.07. The minimum atomic E-state index is 0.0589. The number of carbonyl (C=O) groups excluding carboxylic acids is 2. The van der Waals surface area contributed by atoms with Crippen molar-refractivity contribution in [2.45, 2.75) is 44.6 Å². The van der Waals surface area contributed by atoms with Gasteiger partial charge in [0.05, 0.1) is 6.61 Å². The molecule has 0 aromatic heterocycles. The Hall–Kier alpha value is -1.75. The van der Waals surface area contributed by atoms with Crippen LogP contribution in [-0.4, -0.2) is 48.3 Å². The highest BCUT2D eigenvalue weighted by Crippen LogP contribution is 2.13. The Kier molecular flexibility index (Phi) is 8.60. The first-order valence-electron chi connectivity index (χ1n) is 9.00. The van der Waals surface area contributed by atoms with Gasteiger partial charge in [0.1, 0.15) is 5.75 Å². The number of nitrogens with zero attached hydrogens (tertiary/aromatic N) is 1. The largest absolute Gasteiger partial charge is 0.494 e. The van der Waals surface area contributed by atoms with Crippen molar-refractivity contribution in [3.63, 3.8) is 0 Å². The van der Waals surface area contributed by atoms with Crippen LogP contribution in [0.4, 0.5) is 0 Å². The van der Waals surface area contributed by atoms with Gasteiger partial charge >= 0.3 is 0 Å². The molecule has 2 amide bonds. The number of benzene rings is 1. The monoisotopic (exact) mass is 366 g/mol. The molecule has 1 aromatic rings. The minimum Gasteiger partial charge on any atom is -0.494 e. The normalized spacial score (nSPS) is 15.0. The third-order valence-corrected chi connectivity index (χ3v) is 4.56. The van der Waals surface area contributed by atoms with E-state index in [2.05, 4.69) is 5.32 Å². The number of piperidine rings is 1. The molecule has 0 aliphatic carbocycles. The number of alkyl halides is 1. The second kappa shape index (κ2) is 11.0. The average molecular weight is 367 g/mol. The SMILES string of the molecule is O=C(CCCOc1ccccc1)NC1CCN(C(=O)CCCCl)CC1. The van der Waals surface area contributed by atoms with Crippen LogP contribution in [0.2, 0.25) is 0 Å². The number of hydrogen-bond donors (Lipinski definition) is 1. The molecule has 1 aliphatic rings. The maximum absolute atomic E-state index is 12.0. The van der Waals surface area contributed by atoms with Crippen molar-refractivity contribution >= 4 is 23.4 Å². The van der Waals surface area contributed by atoms with E-state index in [1.807, 2.05) is 35.2 Å². The van der Waals surface area contributed by atoms with E-state index in [4.69, 9.17) is 16.3 Å². The fourth-order valence-electron chi connectivity index (χ4n) is 2.89. The molecule has 1 N–H and O–H groups in total. The van der Waals surface area contributed by atoms with Crippen LogP contribution in [0.5, 0.6) is 5.75 Å². The smallest absolute Gasteiger partial charge is 0.222 e. The fourth-order valence-corrected chi connectivity index (χ4v) is 3.02. The summed E-state index contributed by atoms with van der Waals surface area (Å²) in [6.07, 6.45) is 4.03. The number of nitrogens with one attached hydrogen (secondary N) is 1. The number of carbonyl (C=O) groups is 2. The van der Waals surface area contributed by atoms with Crippen LogP contribution in [0, 0.1) is 0 Å². The molecular weight excluding hydrogens is 340 g/mol. The predicted octanol–water partition coefficient (Wildman–Crippen LogP) is 2.97. The Morgan fingerprint density at radius 3 is 2.52 bits per heavy atom. The van der Waals surface area contributed by atoms with E-state index >= 15 is 0 Å². The molecule has 1 aromatic carbocycles. The van der Waals surface area contributed by atoms with E-state index in [1.54, 1.807) is 0 Å². The molecule has 2 rings (SSSR count). The van der Waals surface area contributed by atoms with Crippen molar-refractivity contribution in [2.24, 2.45) is 0 Å². The van der Waals surface area contributed by atoms with E-state index in [1.165, 1.54) is 0 Å². The van der Waals surface area contributed by atoms with Gasteiger partial charge in [0.15, 0.2) is 0 Å². The number of ether oxygens (including phenoxy) is 1. The Morgan fingerprint density at radius 1 is 1.12 bits per heavy atom. The first-order chi connectivity index (χ1) is 12.2. The molecule has 0 spiro atoms. The first kappa shape index (κ1) is 19.6. The summed E-state index contributed by atoms with van der Waals surface area (Å²) < 4.78 is 5.59. The summed E-state index contributed by atoms with van der Waals surface area (Å²) in [7, 11) is 0. The third kappa shape index (κ3) is 7.34. The van der Waals surface area contributed by atoms with E-state index in [-0.39, 0.29) is 17.9 Å². The maximum atomic E-state index is 12.0. The van der Waals surface area contributed by atoms with Crippen molar-refractivity contribution in [1.29, 1.82) is 0 Å². The number of likely N-dealkylation sites (tertiary alicyclic amines) is 1. The third-order valence-electron chi connectivity index (χ3n) is 4.30. The van der Waals surface area contributed by atoms with Gasteiger partial charge in [-0.1, -0.05) is 18.2 Å². The zero-order valence-corrected chi connectivity index (χ0v) is 15.3. The van der Waals surface area contributed by atoms with Crippen LogP contribution < -0.4 is 10.1 Å². The van der Waals surface area contributed by atoms with Crippen molar-refractivity contribution in [3.05, 3.63) is 30.3 Å². The Bertz CT molecular complexity index is 531. The van der Waals surface area contributed by atoms with E-state index in [9.17, 15) is 9.59 Å². The lowest BCUT2D eigenvalue weighted by atomic mass is 10.0. The highest BCUT2D eigenvalue weighted by molar-refractivity contribution is 6.17. The molecule has 0 unspecified atom stereocenters. The lowest BCUT2D eigenvalue weighted by Crippen LogP contribution is -2.46. The van der Waals surface area contributed by atoms with Crippen LogP contribution in [-0.2, 0) is 9.59 Å². The van der Waals surface area contributed by atoms with Crippen LogP contribution in [0.3, 0.4) is 0 Å². The summed E-state index contributed by atoms with van der Waals surface area (Å²) >= 11 is 5.62. The number of rotatable bonds is 9. The second-order valence-corrected chi connectivity index (χ2v) is 6.66. The molecule has 6 heteroatoms. The van der Waals surface area contributed by atoms with Crippen LogP contribution in [0.15, 0.2) is 30.3 Å². The standard InChI is InChI=1S/C19H27ClN2O3/c20-12-4-9-19(24)22-13-10-16(11-14-22)21-18(23)8-5-15-25-17-6-2-1-3-7-17/h1-3,6-7,16H,4-5,8-15H2,(H,21,23). The number of para-hydroxylation sites is 1. The minimum absolute atomic E-state index is 0.0589. The van der Waals surface area contributed by atoms with Gasteiger partial charge in [-0.05, 0) is 37.8 Å². The molecular formula is C19H27ClN2O3. The molecule has 1 fully saturated rings. The Labute approximate surface area is 154 Å². The summed E-state index contributed by atoms with van der Waals surface area (Å²) in [6.45, 7) is 1.96. The average Bonchev–Trinajstić information content (AvgIpc) is 2.65. The van der Waals surface area contributed by atoms with Gasteiger partial charge in [-0.25, -0.2) is 0 Å². The highest BCUT2D eigenvalue weighted by atomic mass is 35.5. The van der Waals surface area contributed by atoms with Gasteiger partial charge in [0.25, 0.3) is 0 Å². The van der Waals surface area contributed by atoms with Crippen molar-refractivity contribution < 1.29 is 14.3 Å². The fraction of sp³-hybridized carbons (Fsp3) is 0.579. The molecule has 0 saturated carbocycles. The number of halogens is 1. The summed E-state index contributed by atoms with van der Waals surface area (Å²) in [5.74, 6) is 1.58. The lowest BCUT2D eigenvalue weighted by molar-refractivity contribution is -0.132. The summed E-state index contributed by atoms with van der Waals surface area (Å²) in [6, 6.07) is 9.77. The van der Waals surface area contributed by atoms with Gasteiger partial charge < -0.3 is 15.0 Å². The molecule has 5 nitrogen and oxygen atoms in total. The molecule has 0 atom stereocenters. The van der Waals surface area contributed by atoms with E-state index in [0.29, 0.717) is 44.8 Å². The predicted molar refractivity (Wildman–Crippen MR) is 98.9 cm³/mol. The molecule has 1 heterocycles. The van der Waals surface area contributed by atoms with Crippen LogP contribution in [0.1, 0.15) is 38.5 Å². The van der Waals surface area contributed by atoms with Crippen molar-refractivity contribution in [2.75, 3.05) is 25.6 Å². The quantitative estimate of drug-likeness (QED) is 0.540. The van der Waals surface area contributed by atoms with Crippen LogP contribution >= 0.6 is 11.6 Å². The second-order valence-electron chi connectivity index (χ2n) is 6.28. The first-order valence-corrected chi connectivity index (χ1v) is 9.53. The number of hydrogen-bond acceptors (Lipinski definition) is 3. The van der Waals surface area contributed by atoms with Gasteiger partial charge in [-0.15, -0.1) is 11.6 Å². The van der Waals surface area contributed by atoms with Gasteiger partial charge in [-0.3, -0.25) is 9.59 Å². The Morgan fingerprint density at radius 2 is 1.84 bits per heavy atom. The lowest BCUT2D eigenvalue weighted by Gasteiger charge is -2.32. The summed E-state index contributed by atoms with van der Waals surface area (Å²) in [4.78, 5) is 25.8. The van der Waals surface area contributed by atoms with Gasteiger partial charge in [0.2, 0.25) is 11.8 Å². The highest BCUT2D eigenvalue weighted by Gasteiger charge is 2.23. The van der Waals surface area contributed by atoms with Gasteiger partial charge in [-0.2, -0.15) is 0 Å². The molecule has 1 saturated heterocycles. The van der Waals surface area contributed by atoms with Crippen molar-refractivity contribution in [3.8, 4) is 5.75 Å². The molecule has 0 radical (unpaired) electrons. The molecule has 25 heavy (non-hydrogen) atoms. The Balaban J connectivity index is 1.56. The topological polar surface area (TPSA) is 58.6 Å². The summed E-state index contributed by atoms with van der Waals surface area (Å²) in [5.41, 5.74) is 0. The zero-order valence-electron chi connectivity index (χ0n) is 14.6. The van der Waals surface area contributed by atoms with E-state index < -0.39 is 0 Å². The van der Waals surface area contributed by atoms with Crippen LogP contribution in [0.25, 0.3) is 0 Å². The molecule has 0 bridgehead atoms. The van der Waals surface area contributed by atoms with E-state index in [0.717, 1.165) is 25.0 Å². The number of amides is 2. The molecule has 138 valence electrons.